The van der Waals surface area contributed by atoms with Gasteiger partial charge in [-0.3, -0.25) is 9.11 Å². The maximum atomic E-state index is 12.3. The molecule has 2 fully saturated rings. The Morgan fingerprint density at radius 3 is 2.71 bits per heavy atom. The molecule has 7 heteroatoms. The highest BCUT2D eigenvalue weighted by Gasteiger charge is 2.27. The van der Waals surface area contributed by atoms with Crippen LogP contribution in [0, 0.1) is 13.8 Å². The molecule has 1 aliphatic heterocycles. The molecule has 2 aromatic heterocycles. The Hall–Kier alpha value is -1.05. The SMILES string of the molecule is CCS(=O)C1CCCC(Nc2nc(CN3CCCC3)nc3sc(C)c(C)c23)C1. The van der Waals surface area contributed by atoms with Crippen molar-refractivity contribution in [2.45, 2.75) is 77.1 Å². The van der Waals surface area contributed by atoms with Crippen molar-refractivity contribution in [3.8, 4) is 0 Å². The van der Waals surface area contributed by atoms with Gasteiger partial charge >= 0.3 is 0 Å². The molecule has 5 nitrogen and oxygen atoms in total. The lowest BCUT2D eigenvalue weighted by Crippen LogP contribution is -2.33. The largest absolute Gasteiger partial charge is 0.367 e. The molecular weight excluding hydrogens is 388 g/mol. The van der Waals surface area contributed by atoms with Crippen LogP contribution in [0.2, 0.25) is 0 Å². The van der Waals surface area contributed by atoms with Crippen LogP contribution < -0.4 is 5.32 Å². The van der Waals surface area contributed by atoms with Gasteiger partial charge in [0.2, 0.25) is 0 Å². The van der Waals surface area contributed by atoms with Crippen LogP contribution in [0.15, 0.2) is 0 Å². The van der Waals surface area contributed by atoms with Crippen LogP contribution in [0.4, 0.5) is 5.82 Å². The number of rotatable bonds is 6. The van der Waals surface area contributed by atoms with Gasteiger partial charge < -0.3 is 5.32 Å². The highest BCUT2D eigenvalue weighted by Crippen LogP contribution is 2.35. The van der Waals surface area contributed by atoms with Crippen LogP contribution >= 0.6 is 11.3 Å². The van der Waals surface area contributed by atoms with Crippen LogP contribution in [0.1, 0.15) is 61.7 Å². The summed E-state index contributed by atoms with van der Waals surface area (Å²) in [5.74, 6) is 2.69. The fourth-order valence-corrected chi connectivity index (χ4v) is 6.95. The number of thiophene rings is 1. The van der Waals surface area contributed by atoms with E-state index in [0.29, 0.717) is 11.3 Å². The van der Waals surface area contributed by atoms with Crippen molar-refractivity contribution in [2.75, 3.05) is 24.2 Å². The molecule has 0 aromatic carbocycles. The number of nitrogens with one attached hydrogen (secondary N) is 1. The van der Waals surface area contributed by atoms with Crippen molar-refractivity contribution in [3.63, 3.8) is 0 Å². The second kappa shape index (κ2) is 8.76. The summed E-state index contributed by atoms with van der Waals surface area (Å²) in [6.07, 6.45) is 6.91. The molecular formula is C21H32N4OS2. The Kier molecular flexibility index (Phi) is 6.33. The number of anilines is 1. The monoisotopic (exact) mass is 420 g/mol. The van der Waals surface area contributed by atoms with Crippen molar-refractivity contribution in [3.05, 3.63) is 16.3 Å². The smallest absolute Gasteiger partial charge is 0.146 e. The van der Waals surface area contributed by atoms with Crippen molar-refractivity contribution >= 4 is 38.2 Å². The Labute approximate surface area is 174 Å². The molecule has 3 heterocycles. The summed E-state index contributed by atoms with van der Waals surface area (Å²) < 4.78 is 12.3. The number of nitrogens with zero attached hydrogens (tertiary/aromatic N) is 3. The van der Waals surface area contributed by atoms with Crippen LogP contribution in [0.5, 0.6) is 0 Å². The normalized spacial score (nSPS) is 24.7. The maximum Gasteiger partial charge on any atom is 0.146 e. The first-order valence-electron chi connectivity index (χ1n) is 10.7. The first-order chi connectivity index (χ1) is 13.5. The van der Waals surface area contributed by atoms with E-state index in [1.54, 1.807) is 11.3 Å². The lowest BCUT2D eigenvalue weighted by molar-refractivity contribution is 0.323. The molecule has 2 aliphatic rings. The first-order valence-corrected chi connectivity index (χ1v) is 12.9. The number of hydrogen-bond donors (Lipinski definition) is 1. The van der Waals surface area contributed by atoms with E-state index in [0.717, 1.165) is 67.5 Å². The summed E-state index contributed by atoms with van der Waals surface area (Å²) in [6.45, 7) is 9.53. The minimum Gasteiger partial charge on any atom is -0.367 e. The Balaban J connectivity index is 1.61. The molecule has 0 bridgehead atoms. The predicted molar refractivity (Wildman–Crippen MR) is 120 cm³/mol. The van der Waals surface area contributed by atoms with Crippen molar-refractivity contribution in [1.82, 2.24) is 14.9 Å². The average molecular weight is 421 g/mol. The molecule has 4 rings (SSSR count). The number of likely N-dealkylation sites (tertiary alicyclic amines) is 1. The quantitative estimate of drug-likeness (QED) is 0.751. The van der Waals surface area contributed by atoms with Crippen LogP contribution in [0.25, 0.3) is 10.2 Å². The van der Waals surface area contributed by atoms with E-state index in [9.17, 15) is 4.21 Å². The van der Waals surface area contributed by atoms with Gasteiger partial charge in [0.05, 0.1) is 11.9 Å². The predicted octanol–water partition coefficient (Wildman–Crippen LogP) is 4.40. The topological polar surface area (TPSA) is 58.1 Å². The summed E-state index contributed by atoms with van der Waals surface area (Å²) in [7, 11) is -0.705. The molecule has 3 unspecified atom stereocenters. The Bertz CT molecular complexity index is 860. The van der Waals surface area contributed by atoms with E-state index in [-0.39, 0.29) is 0 Å². The fourth-order valence-electron chi connectivity index (χ4n) is 4.55. The molecule has 0 radical (unpaired) electrons. The molecule has 0 amide bonds. The second-order valence-electron chi connectivity index (χ2n) is 8.23. The molecule has 28 heavy (non-hydrogen) atoms. The van der Waals surface area contributed by atoms with Crippen LogP contribution in [-0.4, -0.2) is 49.2 Å². The number of aryl methyl sites for hydroxylation is 2. The van der Waals surface area contributed by atoms with Crippen molar-refractivity contribution in [2.24, 2.45) is 0 Å². The molecule has 3 atom stereocenters. The van der Waals surface area contributed by atoms with Gasteiger partial charge in [-0.1, -0.05) is 13.3 Å². The molecule has 0 spiro atoms. The molecule has 1 N–H and O–H groups in total. The first kappa shape index (κ1) is 20.2. The molecule has 2 aromatic rings. The van der Waals surface area contributed by atoms with Gasteiger partial charge in [0.15, 0.2) is 0 Å². The van der Waals surface area contributed by atoms with E-state index in [1.807, 2.05) is 6.92 Å². The number of fused-ring (bicyclic) bond motifs is 1. The van der Waals surface area contributed by atoms with Crippen molar-refractivity contribution < 1.29 is 4.21 Å². The zero-order valence-electron chi connectivity index (χ0n) is 17.3. The van der Waals surface area contributed by atoms with Crippen LogP contribution in [-0.2, 0) is 17.3 Å². The maximum absolute atomic E-state index is 12.3. The Morgan fingerprint density at radius 2 is 1.96 bits per heavy atom. The summed E-state index contributed by atoms with van der Waals surface area (Å²) >= 11 is 1.78. The lowest BCUT2D eigenvalue weighted by Gasteiger charge is -2.29. The van der Waals surface area contributed by atoms with Gasteiger partial charge in [-0.25, -0.2) is 9.97 Å². The second-order valence-corrected chi connectivity index (χ2v) is 11.4. The van der Waals surface area contributed by atoms with Gasteiger partial charge in [-0.2, -0.15) is 0 Å². The molecule has 1 saturated carbocycles. The zero-order chi connectivity index (χ0) is 19.7. The van der Waals surface area contributed by atoms with E-state index >= 15 is 0 Å². The minimum atomic E-state index is -0.705. The van der Waals surface area contributed by atoms with Gasteiger partial charge in [0.1, 0.15) is 16.5 Å². The van der Waals surface area contributed by atoms with Gasteiger partial charge in [0, 0.05) is 32.7 Å². The zero-order valence-corrected chi connectivity index (χ0v) is 18.9. The van der Waals surface area contributed by atoms with E-state index in [4.69, 9.17) is 9.97 Å². The van der Waals surface area contributed by atoms with Gasteiger partial charge in [0.25, 0.3) is 0 Å². The molecule has 1 saturated heterocycles. The number of hydrogen-bond acceptors (Lipinski definition) is 6. The third kappa shape index (κ3) is 4.26. The van der Waals surface area contributed by atoms with Crippen molar-refractivity contribution in [1.29, 1.82) is 0 Å². The highest BCUT2D eigenvalue weighted by atomic mass is 32.2. The number of aromatic nitrogens is 2. The van der Waals surface area contributed by atoms with E-state index in [2.05, 4.69) is 24.1 Å². The third-order valence-electron chi connectivity index (χ3n) is 6.26. The Morgan fingerprint density at radius 1 is 1.18 bits per heavy atom. The minimum absolute atomic E-state index is 0.322. The summed E-state index contributed by atoms with van der Waals surface area (Å²) in [6, 6.07) is 0.353. The standard InChI is InChI=1S/C21H32N4OS2/c1-4-28(26)17-9-7-8-16(12-17)22-20-19-14(2)15(3)27-21(19)24-18(23-20)13-25-10-5-6-11-25/h16-17H,4-13H2,1-3H3,(H,22,23,24). The average Bonchev–Trinajstić information content (AvgIpc) is 3.29. The van der Waals surface area contributed by atoms with Crippen LogP contribution in [0.3, 0.4) is 0 Å². The van der Waals surface area contributed by atoms with E-state index < -0.39 is 10.8 Å². The summed E-state index contributed by atoms with van der Waals surface area (Å²) in [5.41, 5.74) is 1.29. The highest BCUT2D eigenvalue weighted by molar-refractivity contribution is 7.85. The van der Waals surface area contributed by atoms with E-state index in [1.165, 1.54) is 28.7 Å². The molecule has 154 valence electrons. The molecule has 1 aliphatic carbocycles. The fraction of sp³-hybridized carbons (Fsp3) is 0.714. The van der Waals surface area contributed by atoms with Gasteiger partial charge in [-0.15, -0.1) is 11.3 Å². The van der Waals surface area contributed by atoms with Gasteiger partial charge in [-0.05, 0) is 64.6 Å². The third-order valence-corrected chi connectivity index (χ3v) is 9.10. The summed E-state index contributed by atoms with van der Waals surface area (Å²) in [5, 5.41) is 5.26. The summed E-state index contributed by atoms with van der Waals surface area (Å²) in [4.78, 5) is 14.8. The lowest BCUT2D eigenvalue weighted by atomic mass is 9.95.